The summed E-state index contributed by atoms with van der Waals surface area (Å²) in [4.78, 5) is 93.8. The molecule has 63 heavy (non-hydrogen) atoms. The van der Waals surface area contributed by atoms with Crippen LogP contribution in [0.1, 0.15) is 68.8 Å². The third kappa shape index (κ3) is 13.2. The van der Waals surface area contributed by atoms with Crippen LogP contribution >= 0.6 is 11.3 Å². The molecule has 13 nitrogen and oxygen atoms in total. The number of nitrogens with zero attached hydrogens (tertiary/aromatic N) is 3. The molecule has 0 spiro atoms. The van der Waals surface area contributed by atoms with Gasteiger partial charge in [0, 0.05) is 43.8 Å². The van der Waals surface area contributed by atoms with Gasteiger partial charge in [-0.3, -0.25) is 28.8 Å². The van der Waals surface area contributed by atoms with Crippen molar-refractivity contribution in [2.75, 3.05) is 19.6 Å². The quantitative estimate of drug-likeness (QED) is 0.174. The summed E-state index contributed by atoms with van der Waals surface area (Å²) < 4.78 is 28.4. The maximum Gasteiger partial charge on any atom is 0.246 e. The number of carbonyl (C=O) groups is 6. The predicted molar refractivity (Wildman–Crippen MR) is 234 cm³/mol. The maximum absolute atomic E-state index is 14.7. The zero-order valence-corrected chi connectivity index (χ0v) is 36.6. The normalized spacial score (nSPS) is 22.1. The Balaban J connectivity index is 1.39. The lowest BCUT2D eigenvalue weighted by Gasteiger charge is -2.34. The highest BCUT2D eigenvalue weighted by atomic mass is 32.1. The van der Waals surface area contributed by atoms with Crippen molar-refractivity contribution < 1.29 is 37.5 Å². The fourth-order valence-corrected chi connectivity index (χ4v) is 8.64. The Morgan fingerprint density at radius 2 is 1.33 bits per heavy atom. The van der Waals surface area contributed by atoms with Crippen LogP contribution in [0.25, 0.3) is 0 Å². The van der Waals surface area contributed by atoms with Crippen molar-refractivity contribution >= 4 is 46.8 Å². The first-order chi connectivity index (χ1) is 30.1. The first-order valence-corrected chi connectivity index (χ1v) is 22.3. The summed E-state index contributed by atoms with van der Waals surface area (Å²) in [7, 11) is 0. The molecule has 0 radical (unpaired) electrons. The van der Waals surface area contributed by atoms with Crippen LogP contribution in [0.3, 0.4) is 0 Å². The van der Waals surface area contributed by atoms with Crippen molar-refractivity contribution in [3.8, 4) is 0 Å². The minimum Gasteiger partial charge on any atom is -0.342 e. The van der Waals surface area contributed by atoms with E-state index in [2.05, 4.69) is 26.3 Å². The molecule has 2 fully saturated rings. The first kappa shape index (κ1) is 46.5. The molecule has 3 aromatic carbocycles. The molecule has 0 bridgehead atoms. The van der Waals surface area contributed by atoms with Crippen molar-refractivity contribution in [3.63, 3.8) is 0 Å². The van der Waals surface area contributed by atoms with Gasteiger partial charge in [0.05, 0.1) is 17.7 Å². The lowest BCUT2D eigenvalue weighted by atomic mass is 9.87. The molecule has 0 aliphatic carbocycles. The van der Waals surface area contributed by atoms with E-state index in [1.807, 2.05) is 45.0 Å². The van der Waals surface area contributed by atoms with Gasteiger partial charge in [0.2, 0.25) is 35.4 Å². The Kier molecular flexibility index (Phi) is 15.8. The number of rotatable bonds is 11. The van der Waals surface area contributed by atoms with Gasteiger partial charge in [0.25, 0.3) is 0 Å². The van der Waals surface area contributed by atoms with E-state index in [1.165, 1.54) is 27.2 Å². The zero-order chi connectivity index (χ0) is 45.1. The maximum atomic E-state index is 14.7. The number of aromatic nitrogens is 1. The molecule has 1 aromatic heterocycles. The highest BCUT2D eigenvalue weighted by molar-refractivity contribution is 7.07. The Hall–Kier alpha value is -6.03. The van der Waals surface area contributed by atoms with Crippen LogP contribution in [0.2, 0.25) is 0 Å². The van der Waals surface area contributed by atoms with E-state index in [1.54, 1.807) is 47.3 Å². The fourth-order valence-electron chi connectivity index (χ4n) is 8.07. The van der Waals surface area contributed by atoms with E-state index in [0.29, 0.717) is 17.7 Å². The number of aryl methyl sites for hydroxylation is 1. The van der Waals surface area contributed by atoms with Gasteiger partial charge in [-0.25, -0.2) is 13.8 Å². The SMILES string of the molecule is CC(C)(C)C[C@@H]1NC(=O)[C@@H](Cc2ccccc2)NC(=O)[C@H](Cc2ccccc2)NC(=O)CN(CCCc2ccc(F)cc2F)C(=O)[C@H]2CCCN2C(=O)[C@H](Cc2cscn2)NC1=O. The Bertz CT molecular complexity index is 2220. The first-order valence-electron chi connectivity index (χ1n) is 21.3. The van der Waals surface area contributed by atoms with E-state index >= 15 is 0 Å². The smallest absolute Gasteiger partial charge is 0.246 e. The molecular weight excluding hydrogens is 829 g/mol. The minimum absolute atomic E-state index is 0.00646. The van der Waals surface area contributed by atoms with Gasteiger partial charge in [-0.2, -0.15) is 0 Å². The van der Waals surface area contributed by atoms with Crippen LogP contribution in [-0.2, 0) is 54.5 Å². The Morgan fingerprint density at radius 3 is 1.94 bits per heavy atom. The van der Waals surface area contributed by atoms with E-state index in [9.17, 15) is 37.5 Å². The van der Waals surface area contributed by atoms with Crippen LogP contribution < -0.4 is 21.3 Å². The van der Waals surface area contributed by atoms with Gasteiger partial charge in [0.1, 0.15) is 41.8 Å². The summed E-state index contributed by atoms with van der Waals surface area (Å²) in [5.74, 6) is -5.11. The number of carbonyl (C=O) groups excluding carboxylic acids is 6. The summed E-state index contributed by atoms with van der Waals surface area (Å²) in [5.41, 5.74) is 3.34. The molecule has 2 saturated heterocycles. The van der Waals surface area contributed by atoms with Gasteiger partial charge < -0.3 is 31.1 Å². The number of hydrogen-bond acceptors (Lipinski definition) is 8. The average molecular weight is 884 g/mol. The number of benzene rings is 3. The van der Waals surface area contributed by atoms with Crippen LogP contribution in [0.15, 0.2) is 89.8 Å². The van der Waals surface area contributed by atoms with Crippen LogP contribution in [0.4, 0.5) is 8.78 Å². The Morgan fingerprint density at radius 1 is 0.730 bits per heavy atom. The molecule has 16 heteroatoms. The average Bonchev–Trinajstić information content (AvgIpc) is 3.96. The second-order valence-corrected chi connectivity index (χ2v) is 18.1. The standard InChI is InChI=1S/C47H55F2N7O6S/c1-47(2,3)26-39-44(60)53-38(25-34-28-63-29-50-34)45(61)56-21-11-17-40(56)46(62)55(20-10-16-32-18-19-33(48)24-35(32)49)27-41(57)51-36(22-30-12-6-4-7-13-30)42(58)52-37(43(59)54-39)23-31-14-8-5-9-15-31/h4-9,12-15,18-19,24,28-29,36-40H,10-11,16-17,20-23,25-27H2,1-3H3,(H,51,57)(H,52,58)(H,53,60)(H,54,59)/t36-,37+,38-,39-,40+/m0/s1. The second-order valence-electron chi connectivity index (χ2n) is 17.4. The predicted octanol–water partition coefficient (Wildman–Crippen LogP) is 4.29. The van der Waals surface area contributed by atoms with Crippen molar-refractivity contribution in [2.24, 2.45) is 5.41 Å². The largest absolute Gasteiger partial charge is 0.342 e. The van der Waals surface area contributed by atoms with Crippen LogP contribution in [0.5, 0.6) is 0 Å². The van der Waals surface area contributed by atoms with Crippen LogP contribution in [0, 0.1) is 17.0 Å². The monoisotopic (exact) mass is 883 g/mol. The van der Waals surface area contributed by atoms with Crippen molar-refractivity contribution in [1.82, 2.24) is 36.1 Å². The van der Waals surface area contributed by atoms with E-state index in [-0.39, 0.29) is 63.6 Å². The molecule has 4 aromatic rings. The van der Waals surface area contributed by atoms with E-state index in [4.69, 9.17) is 0 Å². The van der Waals surface area contributed by atoms with Crippen molar-refractivity contribution in [2.45, 2.75) is 102 Å². The molecule has 6 rings (SSSR count). The minimum atomic E-state index is -1.21. The zero-order valence-electron chi connectivity index (χ0n) is 35.8. The molecule has 4 N–H and O–H groups in total. The van der Waals surface area contributed by atoms with Gasteiger partial charge in [-0.15, -0.1) is 11.3 Å². The van der Waals surface area contributed by atoms with Gasteiger partial charge in [-0.1, -0.05) is 87.5 Å². The summed E-state index contributed by atoms with van der Waals surface area (Å²) in [6.45, 7) is 5.39. The van der Waals surface area contributed by atoms with E-state index < -0.39 is 89.2 Å². The third-order valence-corrected chi connectivity index (χ3v) is 11.8. The fraction of sp³-hybridized carbons (Fsp3) is 0.426. The number of hydrogen-bond donors (Lipinski definition) is 4. The highest BCUT2D eigenvalue weighted by Gasteiger charge is 2.41. The van der Waals surface area contributed by atoms with Crippen molar-refractivity contribution in [3.05, 3.63) is 124 Å². The lowest BCUT2D eigenvalue weighted by molar-refractivity contribution is -0.147. The number of halogens is 2. The molecule has 334 valence electrons. The molecule has 2 aliphatic rings. The molecule has 0 unspecified atom stereocenters. The topological polar surface area (TPSA) is 170 Å². The molecule has 0 saturated carbocycles. The second kappa shape index (κ2) is 21.4. The molecule has 6 amide bonds. The van der Waals surface area contributed by atoms with E-state index in [0.717, 1.165) is 17.7 Å². The third-order valence-electron chi connectivity index (χ3n) is 11.2. The van der Waals surface area contributed by atoms with Crippen molar-refractivity contribution in [1.29, 1.82) is 0 Å². The molecule has 3 heterocycles. The summed E-state index contributed by atoms with van der Waals surface area (Å²) >= 11 is 1.32. The number of amides is 6. The lowest BCUT2D eigenvalue weighted by Crippen LogP contribution is -2.61. The summed E-state index contributed by atoms with van der Waals surface area (Å²) in [5, 5.41) is 13.2. The number of fused-ring (bicyclic) bond motifs is 1. The van der Waals surface area contributed by atoms with Crippen LogP contribution in [-0.4, -0.2) is 100 Å². The summed E-state index contributed by atoms with van der Waals surface area (Å²) in [6.07, 6.45) is 1.30. The molecule has 5 atom stereocenters. The highest BCUT2D eigenvalue weighted by Crippen LogP contribution is 2.25. The number of nitrogens with one attached hydrogen (secondary N) is 4. The molecule has 2 aliphatic heterocycles. The van der Waals surface area contributed by atoms with Gasteiger partial charge in [-0.05, 0) is 60.3 Å². The van der Waals surface area contributed by atoms with Gasteiger partial charge in [0.15, 0.2) is 0 Å². The molecular formula is C47H55F2N7O6S. The van der Waals surface area contributed by atoms with Gasteiger partial charge >= 0.3 is 0 Å². The summed E-state index contributed by atoms with van der Waals surface area (Å²) in [6, 6.07) is 15.6. The Labute approximate surface area is 370 Å². The number of thiazole rings is 1.